The van der Waals surface area contributed by atoms with Gasteiger partial charge in [0, 0.05) is 46.5 Å². The van der Waals surface area contributed by atoms with Crippen LogP contribution in [0.3, 0.4) is 0 Å². The van der Waals surface area contributed by atoms with E-state index >= 15 is 0 Å². The average Bonchev–Trinajstić information content (AvgIpc) is 3.62. The molecule has 2 saturated heterocycles. The Kier molecular flexibility index (Phi) is 10.8. The third kappa shape index (κ3) is 6.43. The SMILES string of the molecule is CC[C@H]1CCC[C@H](OC(C)=O)[C@@H](C)C(=O)C2=C[C@H]3[C@@H]4C[C@H](O[C@@H]5OC(C)[C@H](OC)C(OC)C5OC)C[C@H]4[C@@H]4CC(=O)[C@@H]4[C@H]3[C@@H]2CC(=O)O1. The van der Waals surface area contributed by atoms with E-state index in [-0.39, 0.29) is 90.0 Å². The maximum absolute atomic E-state index is 14.3. The van der Waals surface area contributed by atoms with Crippen molar-refractivity contribution in [1.82, 2.24) is 0 Å². The number of ether oxygens (including phenoxy) is 7. The number of carbonyl (C=O) groups excluding carboxylic acids is 4. The van der Waals surface area contributed by atoms with Crippen LogP contribution in [0.5, 0.6) is 0 Å². The van der Waals surface area contributed by atoms with Crippen LogP contribution >= 0.6 is 0 Å². The number of Topliss-reactive ketones (excluding diaryl/α,β-unsaturated/α-hetero) is 2. The lowest BCUT2D eigenvalue weighted by Gasteiger charge is -2.54. The molecule has 5 fully saturated rings. The highest BCUT2D eigenvalue weighted by molar-refractivity contribution is 5.99. The van der Waals surface area contributed by atoms with Gasteiger partial charge in [-0.2, -0.15) is 0 Å². The second-order valence-electron chi connectivity index (χ2n) is 15.1. The molecule has 0 bridgehead atoms. The molecule has 4 aliphatic carbocycles. The topological polar surface area (TPSA) is 133 Å². The summed E-state index contributed by atoms with van der Waals surface area (Å²) in [6.07, 6.45) is 3.65. The molecule has 11 heteroatoms. The fourth-order valence-corrected chi connectivity index (χ4v) is 10.4. The van der Waals surface area contributed by atoms with Gasteiger partial charge >= 0.3 is 11.9 Å². The number of hydrogen-bond acceptors (Lipinski definition) is 11. The lowest BCUT2D eigenvalue weighted by molar-refractivity contribution is -0.314. The Morgan fingerprint density at radius 1 is 0.917 bits per heavy atom. The zero-order chi connectivity index (χ0) is 34.4. The zero-order valence-corrected chi connectivity index (χ0v) is 29.5. The minimum Gasteiger partial charge on any atom is -0.462 e. The molecule has 3 unspecified atom stereocenters. The van der Waals surface area contributed by atoms with Gasteiger partial charge in [0.2, 0.25) is 0 Å². The highest BCUT2D eigenvalue weighted by Gasteiger charge is 2.64. The van der Waals surface area contributed by atoms with Crippen molar-refractivity contribution >= 4 is 23.5 Å². The molecule has 6 aliphatic rings. The normalized spacial score (nSPS) is 46.1. The largest absolute Gasteiger partial charge is 0.462 e. The molecular formula is C37H54O11. The first-order valence-corrected chi connectivity index (χ1v) is 18.1. The number of ketones is 2. The molecule has 2 aliphatic heterocycles. The number of allylic oxidation sites excluding steroid dienone is 2. The van der Waals surface area contributed by atoms with Crippen LogP contribution in [0.1, 0.15) is 79.1 Å². The van der Waals surface area contributed by atoms with Gasteiger partial charge in [0.1, 0.15) is 36.3 Å². The van der Waals surface area contributed by atoms with Gasteiger partial charge in [-0.25, -0.2) is 0 Å². The highest BCUT2D eigenvalue weighted by Crippen LogP contribution is 2.64. The summed E-state index contributed by atoms with van der Waals surface area (Å²) in [6, 6.07) is 0. The van der Waals surface area contributed by atoms with E-state index in [2.05, 4.69) is 6.08 Å². The molecule has 268 valence electrons. The standard InChI is InChI=1S/C37H54O11/c1-8-20-10-9-11-29(46-19(4)38)17(2)33(41)27-14-24-22-12-21(48-37-36(44-7)35(43-6)34(42-5)18(3)45-37)13-23(22)25-15-28(39)32(25)31(24)26(27)16-30(40)47-20/h14,17-18,20-26,29,31-32,34-37H,8-13,15-16H2,1-7H3/t17-,18?,20+,21+,22-,23-,24+,25+,26-,29+,31-,32-,34+,35?,36?,37+/m1/s1. The summed E-state index contributed by atoms with van der Waals surface area (Å²) >= 11 is 0. The Hall–Kier alpha value is -2.18. The smallest absolute Gasteiger partial charge is 0.306 e. The van der Waals surface area contributed by atoms with Gasteiger partial charge in [-0.3, -0.25) is 19.2 Å². The molecule has 3 saturated carbocycles. The van der Waals surface area contributed by atoms with E-state index in [1.807, 2.05) is 20.8 Å². The van der Waals surface area contributed by atoms with Gasteiger partial charge in [-0.1, -0.05) is 19.9 Å². The monoisotopic (exact) mass is 674 g/mol. The molecule has 0 aromatic carbocycles. The van der Waals surface area contributed by atoms with Gasteiger partial charge in [0.05, 0.1) is 24.5 Å². The first kappa shape index (κ1) is 35.6. The van der Waals surface area contributed by atoms with Crippen molar-refractivity contribution in [2.45, 2.75) is 128 Å². The van der Waals surface area contributed by atoms with Crippen LogP contribution in [0.25, 0.3) is 0 Å². The number of carbonyl (C=O) groups is 4. The number of esters is 2. The summed E-state index contributed by atoms with van der Waals surface area (Å²) < 4.78 is 42.0. The molecule has 6 rings (SSSR count). The number of hydrogen-bond donors (Lipinski definition) is 0. The summed E-state index contributed by atoms with van der Waals surface area (Å²) in [5.41, 5.74) is 0.598. The molecule has 0 spiro atoms. The molecule has 0 aromatic rings. The van der Waals surface area contributed by atoms with E-state index in [0.717, 1.165) is 12.8 Å². The molecule has 2 heterocycles. The average molecular weight is 675 g/mol. The minimum atomic E-state index is -0.653. The van der Waals surface area contributed by atoms with E-state index < -0.39 is 36.3 Å². The lowest BCUT2D eigenvalue weighted by Crippen LogP contribution is -2.59. The molecule has 0 amide bonds. The van der Waals surface area contributed by atoms with Crippen LogP contribution in [0.2, 0.25) is 0 Å². The van der Waals surface area contributed by atoms with Crippen molar-refractivity contribution in [2.24, 2.45) is 47.3 Å². The fourth-order valence-electron chi connectivity index (χ4n) is 10.4. The first-order chi connectivity index (χ1) is 23.0. The number of rotatable bonds is 7. The lowest BCUT2D eigenvalue weighted by atomic mass is 9.49. The Morgan fingerprint density at radius 3 is 2.27 bits per heavy atom. The van der Waals surface area contributed by atoms with Crippen LogP contribution < -0.4 is 0 Å². The van der Waals surface area contributed by atoms with Crippen molar-refractivity contribution in [3.63, 3.8) is 0 Å². The zero-order valence-electron chi connectivity index (χ0n) is 29.5. The molecule has 48 heavy (non-hydrogen) atoms. The van der Waals surface area contributed by atoms with Crippen LogP contribution in [0.15, 0.2) is 11.6 Å². The molecule has 0 aromatic heterocycles. The second-order valence-corrected chi connectivity index (χ2v) is 15.1. The maximum Gasteiger partial charge on any atom is 0.306 e. The van der Waals surface area contributed by atoms with E-state index in [9.17, 15) is 19.2 Å². The summed E-state index contributed by atoms with van der Waals surface area (Å²) in [5, 5.41) is 0. The highest BCUT2D eigenvalue weighted by atomic mass is 16.7. The van der Waals surface area contributed by atoms with E-state index in [4.69, 9.17) is 33.2 Å². The number of fused-ring (bicyclic) bond motifs is 8. The van der Waals surface area contributed by atoms with Gasteiger partial charge in [-0.05, 0) is 80.6 Å². The number of cyclic esters (lactones) is 1. The first-order valence-electron chi connectivity index (χ1n) is 18.1. The summed E-state index contributed by atoms with van der Waals surface area (Å²) in [4.78, 5) is 53.3. The van der Waals surface area contributed by atoms with Crippen molar-refractivity contribution in [2.75, 3.05) is 21.3 Å². The number of methoxy groups -OCH3 is 3. The van der Waals surface area contributed by atoms with Crippen molar-refractivity contribution < 1.29 is 52.3 Å². The summed E-state index contributed by atoms with van der Waals surface area (Å²) in [6.45, 7) is 7.13. The van der Waals surface area contributed by atoms with E-state index in [1.165, 1.54) is 6.92 Å². The van der Waals surface area contributed by atoms with Crippen LogP contribution in [0, 0.1) is 47.3 Å². The Morgan fingerprint density at radius 2 is 1.62 bits per heavy atom. The summed E-state index contributed by atoms with van der Waals surface area (Å²) in [7, 11) is 4.88. The third-order valence-corrected chi connectivity index (χ3v) is 12.6. The summed E-state index contributed by atoms with van der Waals surface area (Å²) in [5.74, 6) is -1.39. The van der Waals surface area contributed by atoms with Gasteiger partial charge < -0.3 is 33.2 Å². The van der Waals surface area contributed by atoms with E-state index in [1.54, 1.807) is 21.3 Å². The van der Waals surface area contributed by atoms with Crippen LogP contribution in [-0.2, 0) is 52.3 Å². The molecular weight excluding hydrogens is 620 g/mol. The third-order valence-electron chi connectivity index (χ3n) is 12.6. The molecule has 0 radical (unpaired) electrons. The predicted molar refractivity (Wildman–Crippen MR) is 171 cm³/mol. The van der Waals surface area contributed by atoms with Gasteiger partial charge in [0.15, 0.2) is 12.1 Å². The van der Waals surface area contributed by atoms with Gasteiger partial charge in [0.25, 0.3) is 0 Å². The fraction of sp³-hybridized carbons (Fsp3) is 0.838. The molecule has 16 atom stereocenters. The quantitative estimate of drug-likeness (QED) is 0.360. The predicted octanol–water partition coefficient (Wildman–Crippen LogP) is 4.23. The van der Waals surface area contributed by atoms with E-state index in [0.29, 0.717) is 37.7 Å². The molecule has 11 nitrogen and oxygen atoms in total. The van der Waals surface area contributed by atoms with Gasteiger partial charge in [-0.15, -0.1) is 0 Å². The van der Waals surface area contributed by atoms with Crippen LogP contribution in [0.4, 0.5) is 0 Å². The minimum absolute atomic E-state index is 0.0497. The van der Waals surface area contributed by atoms with Crippen molar-refractivity contribution in [1.29, 1.82) is 0 Å². The Bertz CT molecular complexity index is 1260. The Labute approximate surface area is 284 Å². The Balaban J connectivity index is 1.29. The second kappa shape index (κ2) is 14.6. The van der Waals surface area contributed by atoms with Crippen LogP contribution in [-0.4, -0.2) is 93.9 Å². The maximum atomic E-state index is 14.3. The van der Waals surface area contributed by atoms with Crippen molar-refractivity contribution in [3.05, 3.63) is 11.6 Å². The molecule has 0 N–H and O–H groups in total. The van der Waals surface area contributed by atoms with Crippen molar-refractivity contribution in [3.8, 4) is 0 Å².